The topological polar surface area (TPSA) is 126 Å². The molecule has 11 nitrogen and oxygen atoms in total. The van der Waals surface area contributed by atoms with Crippen LogP contribution in [-0.4, -0.2) is 54.0 Å². The van der Waals surface area contributed by atoms with E-state index in [4.69, 9.17) is 44.9 Å². The number of nitrogens with zero attached hydrogens (tertiary/aromatic N) is 11. The highest BCUT2D eigenvalue weighted by Crippen LogP contribution is 2.43. The molecule has 0 saturated heterocycles. The summed E-state index contributed by atoms with van der Waals surface area (Å²) in [7, 11) is 0. The van der Waals surface area contributed by atoms with Gasteiger partial charge >= 0.3 is 0 Å². The summed E-state index contributed by atoms with van der Waals surface area (Å²) in [6, 6.07) is 106. The third-order valence-corrected chi connectivity index (χ3v) is 16.9. The second-order valence-corrected chi connectivity index (χ2v) is 22.6. The molecular weight excluding hydrogens is 1130 g/mol. The molecule has 0 spiro atoms. The van der Waals surface area contributed by atoms with Crippen LogP contribution in [0.1, 0.15) is 0 Å². The summed E-state index contributed by atoms with van der Waals surface area (Å²) in [5, 5.41) is 4.34. The Morgan fingerprint density at radius 2 is 0.446 bits per heavy atom. The van der Waals surface area contributed by atoms with Gasteiger partial charge in [0.15, 0.2) is 52.4 Å². The Bertz CT molecular complexity index is 5250. The molecule has 17 aromatic rings. The lowest BCUT2D eigenvalue weighted by Gasteiger charge is -2.17. The highest BCUT2D eigenvalue weighted by Gasteiger charge is 2.24. The number of hydrogen-bond acceptors (Lipinski definition) is 9. The first-order valence-electron chi connectivity index (χ1n) is 30.5. The number of aromatic nitrogens is 11. The number of para-hydroxylation sites is 2. The van der Waals surface area contributed by atoms with Crippen molar-refractivity contribution >= 4 is 43.6 Å². The van der Waals surface area contributed by atoms with Crippen molar-refractivity contribution in [1.29, 1.82) is 0 Å². The Morgan fingerprint density at radius 1 is 0.174 bits per heavy atom. The van der Waals surface area contributed by atoms with Crippen LogP contribution >= 0.6 is 0 Å². The molecule has 0 bridgehead atoms. The lowest BCUT2D eigenvalue weighted by molar-refractivity contribution is 1.06. The molecule has 0 amide bonds. The van der Waals surface area contributed by atoms with E-state index in [9.17, 15) is 0 Å². The van der Waals surface area contributed by atoms with E-state index in [2.05, 4.69) is 137 Å². The van der Waals surface area contributed by atoms with Crippen molar-refractivity contribution in [3.05, 3.63) is 309 Å². The standard InChI is InChI=1S/C81H51N11/c1-8-24-52(25-9-1)73-82-74(53-26-10-2-11-27-53)86-79(85-73)60-41-45-65-66-46-42-61(80-87-75(54-28-12-3-13-29-54)83-76(88-80)55-30-14-4-15-31-55)51-72(66)92(71(65)50-60)69-47-43-58(59-40-44-64-63-38-22-23-39-68(63)91(70(64)49-59)62-36-20-7-21-37-62)48-67(69)81-89-77(56-32-16-5-17-33-56)84-78(90-81)57-34-18-6-19-35-57/h1-51H. The molecule has 11 heteroatoms. The average Bonchev–Trinajstić information content (AvgIpc) is 1.57. The van der Waals surface area contributed by atoms with E-state index in [-0.39, 0.29) is 0 Å². The Morgan fingerprint density at radius 3 is 0.837 bits per heavy atom. The number of fused-ring (bicyclic) bond motifs is 6. The van der Waals surface area contributed by atoms with E-state index in [0.29, 0.717) is 52.4 Å². The minimum atomic E-state index is 0.492. The van der Waals surface area contributed by atoms with Crippen LogP contribution in [0.3, 0.4) is 0 Å². The van der Waals surface area contributed by atoms with E-state index >= 15 is 0 Å². The summed E-state index contributed by atoms with van der Waals surface area (Å²) in [5.74, 6) is 4.92. The van der Waals surface area contributed by atoms with Crippen molar-refractivity contribution in [3.8, 4) is 125 Å². The summed E-state index contributed by atoms with van der Waals surface area (Å²) in [6.07, 6.45) is 0. The Hall–Kier alpha value is -12.7. The molecule has 92 heavy (non-hydrogen) atoms. The van der Waals surface area contributed by atoms with Crippen LogP contribution < -0.4 is 0 Å². The normalized spacial score (nSPS) is 11.5. The third kappa shape index (κ3) is 9.79. The van der Waals surface area contributed by atoms with Gasteiger partial charge in [0.1, 0.15) is 0 Å². The zero-order valence-electron chi connectivity index (χ0n) is 49.4. The minimum absolute atomic E-state index is 0.492. The largest absolute Gasteiger partial charge is 0.309 e. The van der Waals surface area contributed by atoms with E-state index in [0.717, 1.165) is 111 Å². The highest BCUT2D eigenvalue weighted by molar-refractivity contribution is 6.12. The van der Waals surface area contributed by atoms with Gasteiger partial charge in [-0.1, -0.05) is 261 Å². The molecule has 5 heterocycles. The Balaban J connectivity index is 0.955. The Kier molecular flexibility index (Phi) is 13.2. The van der Waals surface area contributed by atoms with Gasteiger partial charge in [0, 0.05) is 77.3 Å². The molecule has 0 aliphatic rings. The molecule has 0 atom stereocenters. The summed E-state index contributed by atoms with van der Waals surface area (Å²) in [6.45, 7) is 0. The van der Waals surface area contributed by atoms with Crippen LogP contribution in [0.25, 0.3) is 169 Å². The van der Waals surface area contributed by atoms with Gasteiger partial charge < -0.3 is 9.13 Å². The summed E-state index contributed by atoms with van der Waals surface area (Å²) in [5.41, 5.74) is 15.5. The fraction of sp³-hybridized carbons (Fsp3) is 0. The van der Waals surface area contributed by atoms with Crippen molar-refractivity contribution in [2.24, 2.45) is 0 Å². The zero-order valence-corrected chi connectivity index (χ0v) is 49.4. The maximum absolute atomic E-state index is 5.49. The van der Waals surface area contributed by atoms with Crippen LogP contribution in [0, 0.1) is 0 Å². The third-order valence-electron chi connectivity index (χ3n) is 16.9. The van der Waals surface area contributed by atoms with Crippen molar-refractivity contribution < 1.29 is 0 Å². The molecule has 0 saturated carbocycles. The van der Waals surface area contributed by atoms with Crippen molar-refractivity contribution in [2.45, 2.75) is 0 Å². The predicted octanol–water partition coefficient (Wildman–Crippen LogP) is 19.1. The molecule has 0 N–H and O–H groups in total. The molecule has 12 aromatic carbocycles. The van der Waals surface area contributed by atoms with E-state index in [1.807, 2.05) is 182 Å². The van der Waals surface area contributed by atoms with Gasteiger partial charge in [-0.05, 0) is 59.7 Å². The molecule has 0 aliphatic heterocycles. The van der Waals surface area contributed by atoms with Gasteiger partial charge in [0.05, 0.1) is 27.8 Å². The van der Waals surface area contributed by atoms with E-state index < -0.39 is 0 Å². The summed E-state index contributed by atoms with van der Waals surface area (Å²) in [4.78, 5) is 47.3. The van der Waals surface area contributed by atoms with Crippen LogP contribution in [-0.2, 0) is 0 Å². The maximum atomic E-state index is 5.49. The lowest BCUT2D eigenvalue weighted by Crippen LogP contribution is -2.04. The second-order valence-electron chi connectivity index (χ2n) is 22.6. The zero-order chi connectivity index (χ0) is 60.9. The van der Waals surface area contributed by atoms with Crippen LogP contribution in [0.2, 0.25) is 0 Å². The summed E-state index contributed by atoms with van der Waals surface area (Å²) >= 11 is 0. The monoisotopic (exact) mass is 1180 g/mol. The first-order valence-corrected chi connectivity index (χ1v) is 30.5. The number of hydrogen-bond donors (Lipinski definition) is 0. The fourth-order valence-corrected chi connectivity index (χ4v) is 12.5. The molecule has 430 valence electrons. The lowest BCUT2D eigenvalue weighted by atomic mass is 9.99. The van der Waals surface area contributed by atoms with E-state index in [1.165, 1.54) is 5.39 Å². The maximum Gasteiger partial charge on any atom is 0.166 e. The second kappa shape index (κ2) is 22.8. The van der Waals surface area contributed by atoms with E-state index in [1.54, 1.807) is 0 Å². The average molecular weight is 1180 g/mol. The van der Waals surface area contributed by atoms with Gasteiger partial charge in [0.2, 0.25) is 0 Å². The van der Waals surface area contributed by atoms with Gasteiger partial charge in [-0.2, -0.15) is 0 Å². The van der Waals surface area contributed by atoms with Gasteiger partial charge in [-0.25, -0.2) is 44.9 Å². The van der Waals surface area contributed by atoms with Crippen molar-refractivity contribution in [3.63, 3.8) is 0 Å². The van der Waals surface area contributed by atoms with Gasteiger partial charge in [-0.3, -0.25) is 0 Å². The van der Waals surface area contributed by atoms with Gasteiger partial charge in [0.25, 0.3) is 0 Å². The quantitative estimate of drug-likeness (QED) is 0.118. The molecule has 5 aromatic heterocycles. The molecular formula is C81H51N11. The smallest absolute Gasteiger partial charge is 0.166 e. The SMILES string of the molecule is c1ccc(-c2nc(-c3ccccc3)nc(-c3ccc4c5ccc(-c6nc(-c7ccccc7)nc(-c7ccccc7)n6)cc5n(-c5ccc(-c6ccc7c8ccccc8n(-c8ccccc8)c7c6)cc5-c5nc(-c6ccccc6)nc(-c6ccccc6)n5)c4c3)n2)cc1. The minimum Gasteiger partial charge on any atom is -0.309 e. The molecule has 0 radical (unpaired) electrons. The van der Waals surface area contributed by atoms with Crippen LogP contribution in [0.4, 0.5) is 0 Å². The predicted molar refractivity (Wildman–Crippen MR) is 370 cm³/mol. The number of benzene rings is 12. The Labute approximate surface area is 529 Å². The highest BCUT2D eigenvalue weighted by atomic mass is 15.1. The first-order chi connectivity index (χ1) is 45.6. The van der Waals surface area contributed by atoms with Gasteiger partial charge in [-0.15, -0.1) is 0 Å². The van der Waals surface area contributed by atoms with Crippen molar-refractivity contribution in [1.82, 2.24) is 54.0 Å². The fourth-order valence-electron chi connectivity index (χ4n) is 12.5. The number of rotatable bonds is 12. The molecule has 0 unspecified atom stereocenters. The molecule has 17 rings (SSSR count). The molecule has 0 fully saturated rings. The summed E-state index contributed by atoms with van der Waals surface area (Å²) < 4.78 is 4.69. The van der Waals surface area contributed by atoms with Crippen LogP contribution in [0.15, 0.2) is 309 Å². The first kappa shape index (κ1) is 53.5. The van der Waals surface area contributed by atoms with Crippen LogP contribution in [0.5, 0.6) is 0 Å². The van der Waals surface area contributed by atoms with Crippen molar-refractivity contribution in [2.75, 3.05) is 0 Å². The molecule has 0 aliphatic carbocycles.